The maximum absolute atomic E-state index is 11.2. The smallest absolute Gasteiger partial charge is 0.507 e. The van der Waals surface area contributed by atoms with Crippen molar-refractivity contribution in [3.8, 4) is 17.2 Å². The summed E-state index contributed by atoms with van der Waals surface area (Å²) in [6, 6.07) is 2.35. The molecule has 3 heterocycles. The summed E-state index contributed by atoms with van der Waals surface area (Å²) in [4.78, 5) is 30.7. The van der Waals surface area contributed by atoms with Crippen molar-refractivity contribution in [2.45, 2.75) is 31.1 Å². The topological polar surface area (TPSA) is 222 Å². The van der Waals surface area contributed by atoms with Crippen molar-refractivity contribution in [2.75, 3.05) is 19.0 Å². The standard InChI is InChI=1S/C18H22N5O10P/c1-31-10-3-9(25)8(2-11(10)33-34(28,29)30)4-19-16-13-17(21-6-20-16)23(7-22-13)18-15(27)14(26)12(5-24)32-18/h2-3,6-7,12,14-15,18,24-27H,4-5H2,1H3,(H,19,20,21)(H2,28,29,30)/t12-,14-,15-,18-/m1/s1. The Bertz CT molecular complexity index is 1230. The summed E-state index contributed by atoms with van der Waals surface area (Å²) in [5.41, 5.74) is 0.746. The van der Waals surface area contributed by atoms with Crippen LogP contribution in [0, 0.1) is 0 Å². The molecular formula is C18H22N5O10P. The first-order valence-electron chi connectivity index (χ1n) is 9.81. The molecule has 3 aromatic rings. The molecule has 0 amide bonds. The fourth-order valence-corrected chi connectivity index (χ4v) is 3.95. The van der Waals surface area contributed by atoms with Gasteiger partial charge in [-0.15, -0.1) is 0 Å². The van der Waals surface area contributed by atoms with E-state index in [1.165, 1.54) is 30.4 Å². The second-order valence-corrected chi connectivity index (χ2v) is 8.51. The number of phenolic OH excluding ortho intramolecular Hbond substituents is 1. The number of hydrogen-bond acceptors (Lipinski definition) is 12. The lowest BCUT2D eigenvalue weighted by atomic mass is 10.1. The molecule has 16 heteroatoms. The van der Waals surface area contributed by atoms with Crippen LogP contribution in [0.5, 0.6) is 17.2 Å². The number of anilines is 1. The van der Waals surface area contributed by atoms with Gasteiger partial charge in [0.2, 0.25) is 0 Å². The maximum Gasteiger partial charge on any atom is 0.524 e. The van der Waals surface area contributed by atoms with Crippen LogP contribution in [0.2, 0.25) is 0 Å². The average Bonchev–Trinajstić information content (AvgIpc) is 3.34. The average molecular weight is 499 g/mol. The zero-order valence-electron chi connectivity index (χ0n) is 17.6. The maximum atomic E-state index is 11.2. The van der Waals surface area contributed by atoms with E-state index in [2.05, 4.69) is 24.8 Å². The van der Waals surface area contributed by atoms with Gasteiger partial charge in [0.1, 0.15) is 30.4 Å². The predicted octanol–water partition coefficient (Wildman–Crippen LogP) is -0.764. The number of aliphatic hydroxyl groups excluding tert-OH is 3. The van der Waals surface area contributed by atoms with Crippen LogP contribution in [-0.4, -0.2) is 81.8 Å². The fourth-order valence-electron chi connectivity index (χ4n) is 3.55. The minimum absolute atomic E-state index is 0.0554. The SMILES string of the molecule is COc1cc(O)c(CNc2ncnc3c2ncn3[C@@H]2O[C@H](CO)[C@@H](O)[C@H]2O)cc1OP(=O)(O)O. The van der Waals surface area contributed by atoms with Crippen LogP contribution in [0.15, 0.2) is 24.8 Å². The monoisotopic (exact) mass is 499 g/mol. The van der Waals surface area contributed by atoms with Crippen LogP contribution in [-0.2, 0) is 15.8 Å². The third-order valence-electron chi connectivity index (χ3n) is 5.18. The Kier molecular flexibility index (Phi) is 6.60. The molecular weight excluding hydrogens is 477 g/mol. The second kappa shape index (κ2) is 9.31. The molecule has 184 valence electrons. The highest BCUT2D eigenvalue weighted by molar-refractivity contribution is 7.46. The number of rotatable bonds is 8. The lowest BCUT2D eigenvalue weighted by Crippen LogP contribution is -2.33. The Morgan fingerprint density at radius 1 is 1.18 bits per heavy atom. The predicted molar refractivity (Wildman–Crippen MR) is 113 cm³/mol. The van der Waals surface area contributed by atoms with E-state index in [1.54, 1.807) is 0 Å². The molecule has 0 saturated carbocycles. The normalized spacial score (nSPS) is 22.8. The van der Waals surface area contributed by atoms with Crippen molar-refractivity contribution in [1.82, 2.24) is 19.5 Å². The van der Waals surface area contributed by atoms with Gasteiger partial charge in [-0.25, -0.2) is 19.5 Å². The highest BCUT2D eigenvalue weighted by Gasteiger charge is 2.44. The number of phenols is 1. The number of imidazole rings is 1. The molecule has 0 bridgehead atoms. The van der Waals surface area contributed by atoms with E-state index < -0.39 is 39.0 Å². The molecule has 2 aromatic heterocycles. The molecule has 4 rings (SSSR count). The molecule has 1 saturated heterocycles. The Labute approximate surface area is 191 Å². The van der Waals surface area contributed by atoms with Gasteiger partial charge in [0, 0.05) is 18.2 Å². The molecule has 1 fully saturated rings. The van der Waals surface area contributed by atoms with E-state index >= 15 is 0 Å². The van der Waals surface area contributed by atoms with Gasteiger partial charge in [0.15, 0.2) is 34.7 Å². The molecule has 7 N–H and O–H groups in total. The first kappa shape index (κ1) is 24.1. The van der Waals surface area contributed by atoms with E-state index in [0.29, 0.717) is 0 Å². The Balaban J connectivity index is 1.60. The van der Waals surface area contributed by atoms with Crippen LogP contribution in [0.25, 0.3) is 11.2 Å². The largest absolute Gasteiger partial charge is 0.524 e. The molecule has 1 aromatic carbocycles. The van der Waals surface area contributed by atoms with Crippen molar-refractivity contribution in [3.05, 3.63) is 30.4 Å². The number of hydrogen-bond donors (Lipinski definition) is 7. The number of methoxy groups -OCH3 is 1. The van der Waals surface area contributed by atoms with Gasteiger partial charge in [-0.05, 0) is 6.07 Å². The summed E-state index contributed by atoms with van der Waals surface area (Å²) in [5.74, 6) is -0.342. The van der Waals surface area contributed by atoms with Gasteiger partial charge in [-0.1, -0.05) is 0 Å². The lowest BCUT2D eigenvalue weighted by Gasteiger charge is -2.16. The zero-order valence-corrected chi connectivity index (χ0v) is 18.5. The highest BCUT2D eigenvalue weighted by atomic mass is 31.2. The summed E-state index contributed by atoms with van der Waals surface area (Å²) in [6.07, 6.45) is -2.08. The van der Waals surface area contributed by atoms with Gasteiger partial charge in [-0.3, -0.25) is 14.4 Å². The summed E-state index contributed by atoms with van der Waals surface area (Å²) in [5, 5.41) is 42.8. The van der Waals surface area contributed by atoms with Gasteiger partial charge < -0.3 is 39.7 Å². The first-order valence-corrected chi connectivity index (χ1v) is 11.3. The zero-order chi connectivity index (χ0) is 24.6. The Morgan fingerprint density at radius 3 is 2.59 bits per heavy atom. The number of aromatic nitrogens is 4. The van der Waals surface area contributed by atoms with Gasteiger partial charge in [0.05, 0.1) is 20.0 Å². The first-order chi connectivity index (χ1) is 16.1. The van der Waals surface area contributed by atoms with Crippen molar-refractivity contribution in [2.24, 2.45) is 0 Å². The molecule has 34 heavy (non-hydrogen) atoms. The summed E-state index contributed by atoms with van der Waals surface area (Å²) < 4.78 is 27.8. The third kappa shape index (κ3) is 4.63. The van der Waals surface area contributed by atoms with E-state index in [4.69, 9.17) is 19.3 Å². The van der Waals surface area contributed by atoms with Gasteiger partial charge in [-0.2, -0.15) is 0 Å². The number of aromatic hydroxyl groups is 1. The quantitative estimate of drug-likeness (QED) is 0.189. The van der Waals surface area contributed by atoms with Crippen molar-refractivity contribution in [3.63, 3.8) is 0 Å². The van der Waals surface area contributed by atoms with E-state index in [0.717, 1.165) is 6.07 Å². The van der Waals surface area contributed by atoms with Crippen LogP contribution < -0.4 is 14.6 Å². The Hall–Kier alpha value is -3.04. The third-order valence-corrected chi connectivity index (χ3v) is 5.61. The number of ether oxygens (including phenoxy) is 2. The van der Waals surface area contributed by atoms with Crippen LogP contribution in [0.1, 0.15) is 11.8 Å². The summed E-state index contributed by atoms with van der Waals surface area (Å²) in [6.45, 7) is -0.539. The van der Waals surface area contributed by atoms with Crippen LogP contribution in [0.4, 0.5) is 5.82 Å². The molecule has 0 spiro atoms. The molecule has 1 aliphatic heterocycles. The molecule has 15 nitrogen and oxygen atoms in total. The second-order valence-electron chi connectivity index (χ2n) is 7.34. The molecule has 1 aliphatic rings. The van der Waals surface area contributed by atoms with Crippen molar-refractivity contribution in [1.29, 1.82) is 0 Å². The molecule has 4 atom stereocenters. The number of nitrogens with one attached hydrogen (secondary N) is 1. The number of phosphoric acid groups is 1. The Morgan fingerprint density at radius 2 is 1.94 bits per heavy atom. The lowest BCUT2D eigenvalue weighted by molar-refractivity contribution is -0.0511. The van der Waals surface area contributed by atoms with Crippen molar-refractivity contribution < 1.29 is 48.8 Å². The van der Waals surface area contributed by atoms with Crippen molar-refractivity contribution >= 4 is 24.8 Å². The number of aliphatic hydroxyl groups is 3. The fraction of sp³-hybridized carbons (Fsp3) is 0.389. The van der Waals surface area contributed by atoms with E-state index in [-0.39, 0.29) is 46.3 Å². The molecule has 0 radical (unpaired) electrons. The summed E-state index contributed by atoms with van der Waals surface area (Å²) >= 11 is 0. The molecule has 0 unspecified atom stereocenters. The van der Waals surface area contributed by atoms with Crippen LogP contribution in [0.3, 0.4) is 0 Å². The van der Waals surface area contributed by atoms with Gasteiger partial charge in [0.25, 0.3) is 0 Å². The number of benzene rings is 1. The van der Waals surface area contributed by atoms with E-state index in [9.17, 15) is 25.0 Å². The minimum Gasteiger partial charge on any atom is -0.507 e. The number of phosphoric ester groups is 1. The van der Waals surface area contributed by atoms with Crippen LogP contribution >= 0.6 is 7.82 Å². The van der Waals surface area contributed by atoms with Gasteiger partial charge >= 0.3 is 7.82 Å². The highest BCUT2D eigenvalue weighted by Crippen LogP contribution is 2.44. The number of fused-ring (bicyclic) bond motifs is 1. The number of nitrogens with zero attached hydrogens (tertiary/aromatic N) is 4. The summed E-state index contributed by atoms with van der Waals surface area (Å²) in [7, 11) is -3.63. The van der Waals surface area contributed by atoms with E-state index in [1.807, 2.05) is 0 Å². The molecule has 0 aliphatic carbocycles. The minimum atomic E-state index is -4.88.